The van der Waals surface area contributed by atoms with Gasteiger partial charge in [-0.05, 0) is 35.4 Å². The van der Waals surface area contributed by atoms with Crippen LogP contribution >= 0.6 is 0 Å². The SMILES string of the molecule is COC(=O)C[C@H](c1ccc(OCCc2ccc(OC)cc2)cc1)c1c(O)c(O)c(O)c2c(=O)cc(-c3ccccc3)oc12. The number of hydrogen-bond acceptors (Lipinski definition) is 9. The van der Waals surface area contributed by atoms with Crippen LogP contribution < -0.4 is 14.9 Å². The van der Waals surface area contributed by atoms with E-state index in [0.717, 1.165) is 11.3 Å². The lowest BCUT2D eigenvalue weighted by molar-refractivity contribution is -0.140. The van der Waals surface area contributed by atoms with Crippen molar-refractivity contribution in [2.45, 2.75) is 18.8 Å². The van der Waals surface area contributed by atoms with Crippen molar-refractivity contribution >= 4 is 16.9 Å². The molecule has 9 heteroatoms. The predicted octanol–water partition coefficient (Wildman–Crippen LogP) is 5.90. The zero-order valence-corrected chi connectivity index (χ0v) is 23.6. The van der Waals surface area contributed by atoms with Crippen LogP contribution in [0.3, 0.4) is 0 Å². The second kappa shape index (κ2) is 12.6. The van der Waals surface area contributed by atoms with Crippen LogP contribution in [0.4, 0.5) is 0 Å². The van der Waals surface area contributed by atoms with Crippen LogP contribution in [0.25, 0.3) is 22.3 Å². The van der Waals surface area contributed by atoms with Crippen molar-refractivity contribution in [3.63, 3.8) is 0 Å². The third-order valence-corrected chi connectivity index (χ3v) is 7.24. The maximum absolute atomic E-state index is 13.2. The van der Waals surface area contributed by atoms with E-state index < -0.39 is 34.6 Å². The molecule has 0 fully saturated rings. The standard InChI is InChI=1S/C34H30O9/c1-40-23-12-8-20(9-13-23)16-17-42-24-14-10-21(11-15-24)25(18-28(36)41-2)29-31(37)33(39)32(38)30-26(35)19-27(43-34(29)30)22-6-4-3-5-7-22/h3-15,19,25,37-39H,16-18H2,1-2H3/t25-/m1/s1. The Labute approximate surface area is 247 Å². The zero-order chi connectivity index (χ0) is 30.5. The second-order valence-corrected chi connectivity index (χ2v) is 9.85. The number of benzene rings is 4. The molecule has 0 spiro atoms. The number of carbonyl (C=O) groups excluding carboxylic acids is 1. The van der Waals surface area contributed by atoms with Crippen molar-refractivity contribution in [2.24, 2.45) is 0 Å². The van der Waals surface area contributed by atoms with Crippen molar-refractivity contribution < 1.29 is 38.7 Å². The number of hydrogen-bond donors (Lipinski definition) is 3. The van der Waals surface area contributed by atoms with E-state index >= 15 is 0 Å². The van der Waals surface area contributed by atoms with Crippen molar-refractivity contribution in [1.82, 2.24) is 0 Å². The number of fused-ring (bicyclic) bond motifs is 1. The summed E-state index contributed by atoms with van der Waals surface area (Å²) in [6, 6.07) is 24.6. The van der Waals surface area contributed by atoms with Crippen molar-refractivity contribution in [3.05, 3.63) is 112 Å². The number of phenols is 3. The van der Waals surface area contributed by atoms with Gasteiger partial charge in [0.15, 0.2) is 16.9 Å². The number of rotatable bonds is 10. The third kappa shape index (κ3) is 6.11. The lowest BCUT2D eigenvalue weighted by Gasteiger charge is -2.21. The first-order chi connectivity index (χ1) is 20.8. The van der Waals surface area contributed by atoms with Crippen molar-refractivity contribution in [2.75, 3.05) is 20.8 Å². The molecule has 9 nitrogen and oxygen atoms in total. The van der Waals surface area contributed by atoms with Gasteiger partial charge in [0.2, 0.25) is 5.75 Å². The highest BCUT2D eigenvalue weighted by Crippen LogP contribution is 2.49. The number of esters is 1. The minimum Gasteiger partial charge on any atom is -0.504 e. The van der Waals surface area contributed by atoms with E-state index in [0.29, 0.717) is 29.9 Å². The van der Waals surface area contributed by atoms with Gasteiger partial charge >= 0.3 is 5.97 Å². The average Bonchev–Trinajstić information content (AvgIpc) is 3.04. The summed E-state index contributed by atoms with van der Waals surface area (Å²) in [6.07, 6.45) is 0.409. The van der Waals surface area contributed by atoms with Crippen LogP contribution in [-0.4, -0.2) is 42.1 Å². The average molecular weight is 583 g/mol. The van der Waals surface area contributed by atoms with Crippen LogP contribution in [0.1, 0.15) is 29.0 Å². The molecular weight excluding hydrogens is 552 g/mol. The molecule has 0 unspecified atom stereocenters. The van der Waals surface area contributed by atoms with E-state index in [1.54, 1.807) is 55.6 Å². The van der Waals surface area contributed by atoms with Gasteiger partial charge in [-0.2, -0.15) is 0 Å². The summed E-state index contributed by atoms with van der Waals surface area (Å²) in [5.74, 6) is -2.42. The molecule has 1 atom stereocenters. The minimum absolute atomic E-state index is 0.0428. The van der Waals surface area contributed by atoms with Gasteiger partial charge in [-0.1, -0.05) is 54.6 Å². The number of methoxy groups -OCH3 is 2. The molecule has 4 aromatic carbocycles. The Morgan fingerprint density at radius 1 is 0.837 bits per heavy atom. The van der Waals surface area contributed by atoms with Gasteiger partial charge in [0.05, 0.1) is 27.2 Å². The van der Waals surface area contributed by atoms with E-state index in [-0.39, 0.29) is 28.7 Å². The summed E-state index contributed by atoms with van der Waals surface area (Å²) in [7, 11) is 2.85. The lowest BCUT2D eigenvalue weighted by Crippen LogP contribution is -2.12. The van der Waals surface area contributed by atoms with E-state index in [1.165, 1.54) is 13.2 Å². The molecule has 5 rings (SSSR count). The lowest BCUT2D eigenvalue weighted by atomic mass is 9.86. The fraction of sp³-hybridized carbons (Fsp3) is 0.176. The van der Waals surface area contributed by atoms with E-state index in [9.17, 15) is 24.9 Å². The Bertz CT molecular complexity index is 1790. The van der Waals surface area contributed by atoms with Gasteiger partial charge in [-0.3, -0.25) is 9.59 Å². The zero-order valence-electron chi connectivity index (χ0n) is 23.6. The summed E-state index contributed by atoms with van der Waals surface area (Å²) in [5, 5.41) is 32.0. The molecule has 220 valence electrons. The van der Waals surface area contributed by atoms with Crippen molar-refractivity contribution in [3.8, 4) is 40.1 Å². The summed E-state index contributed by atoms with van der Waals surface area (Å²) in [6.45, 7) is 0.419. The maximum atomic E-state index is 13.2. The number of ether oxygens (including phenoxy) is 3. The van der Waals surface area contributed by atoms with Gasteiger partial charge in [-0.25, -0.2) is 0 Å². The summed E-state index contributed by atoms with van der Waals surface area (Å²) in [4.78, 5) is 25.8. The molecule has 43 heavy (non-hydrogen) atoms. The Kier molecular flexibility index (Phi) is 8.52. The monoisotopic (exact) mass is 582 g/mol. The van der Waals surface area contributed by atoms with Gasteiger partial charge in [0.1, 0.15) is 28.2 Å². The number of carbonyl (C=O) groups is 1. The molecule has 3 N–H and O–H groups in total. The molecule has 0 saturated carbocycles. The van der Waals surface area contributed by atoms with Crippen LogP contribution in [0.2, 0.25) is 0 Å². The molecule has 0 aliphatic heterocycles. The quantitative estimate of drug-likeness (QED) is 0.136. The molecule has 0 aliphatic carbocycles. The second-order valence-electron chi connectivity index (χ2n) is 9.85. The maximum Gasteiger partial charge on any atom is 0.306 e. The highest BCUT2D eigenvalue weighted by atomic mass is 16.5. The fourth-order valence-electron chi connectivity index (χ4n) is 4.95. The molecule has 0 bridgehead atoms. The number of aromatic hydroxyl groups is 3. The molecule has 0 radical (unpaired) electrons. The summed E-state index contributed by atoms with van der Waals surface area (Å²) >= 11 is 0. The van der Waals surface area contributed by atoms with Gasteiger partial charge in [0, 0.05) is 29.5 Å². The van der Waals surface area contributed by atoms with Crippen LogP contribution in [0.5, 0.6) is 28.7 Å². The Morgan fingerprint density at radius 2 is 1.51 bits per heavy atom. The largest absolute Gasteiger partial charge is 0.504 e. The molecule has 0 amide bonds. The molecule has 0 saturated heterocycles. The fourth-order valence-corrected chi connectivity index (χ4v) is 4.95. The highest BCUT2D eigenvalue weighted by molar-refractivity contribution is 5.93. The topological polar surface area (TPSA) is 136 Å². The van der Waals surface area contributed by atoms with E-state index in [2.05, 4.69) is 0 Å². The first-order valence-corrected chi connectivity index (χ1v) is 13.5. The van der Waals surface area contributed by atoms with Crippen LogP contribution in [0, 0.1) is 0 Å². The van der Waals surface area contributed by atoms with Gasteiger partial charge < -0.3 is 33.9 Å². The Morgan fingerprint density at radius 3 is 2.16 bits per heavy atom. The summed E-state index contributed by atoms with van der Waals surface area (Å²) < 4.78 is 22.1. The number of phenolic OH excluding ortho intramolecular Hbond substituents is 3. The Balaban J connectivity index is 1.53. The first-order valence-electron chi connectivity index (χ1n) is 13.5. The highest BCUT2D eigenvalue weighted by Gasteiger charge is 2.31. The van der Waals surface area contributed by atoms with Gasteiger partial charge in [-0.15, -0.1) is 0 Å². The Hall–Kier alpha value is -5.44. The molecule has 1 aromatic heterocycles. The van der Waals surface area contributed by atoms with Crippen LogP contribution in [0.15, 0.2) is 94.1 Å². The van der Waals surface area contributed by atoms with Crippen LogP contribution in [-0.2, 0) is 16.0 Å². The molecule has 1 heterocycles. The minimum atomic E-state index is -0.927. The predicted molar refractivity (Wildman–Crippen MR) is 160 cm³/mol. The van der Waals surface area contributed by atoms with E-state index in [1.807, 2.05) is 30.3 Å². The molecule has 0 aliphatic rings. The van der Waals surface area contributed by atoms with Gasteiger partial charge in [0.25, 0.3) is 0 Å². The summed E-state index contributed by atoms with van der Waals surface area (Å²) in [5.41, 5.74) is 1.38. The molecular formula is C34H30O9. The normalized spacial score (nSPS) is 11.7. The van der Waals surface area contributed by atoms with E-state index in [4.69, 9.17) is 18.6 Å². The smallest absolute Gasteiger partial charge is 0.306 e. The molecule has 5 aromatic rings. The first kappa shape index (κ1) is 29.1. The van der Waals surface area contributed by atoms with Crippen molar-refractivity contribution in [1.29, 1.82) is 0 Å². The third-order valence-electron chi connectivity index (χ3n) is 7.24.